The number of benzene rings is 3. The first-order chi connectivity index (χ1) is 14.4. The molecule has 3 rings (SSSR count). The Labute approximate surface area is 200 Å². The molecule has 3 aromatic carbocycles. The fourth-order valence-electron chi connectivity index (χ4n) is 2.81. The third-order valence-corrected chi connectivity index (χ3v) is 6.05. The summed E-state index contributed by atoms with van der Waals surface area (Å²) in [6.07, 6.45) is 0. The number of halogens is 3. The minimum Gasteiger partial charge on any atom is -0.506 e. The van der Waals surface area contributed by atoms with Gasteiger partial charge in [-0.15, -0.1) is 10.2 Å². The maximum absolute atomic E-state index is 10.5. The van der Waals surface area contributed by atoms with Crippen LogP contribution in [0.15, 0.2) is 84.3 Å². The molecule has 0 aliphatic rings. The van der Waals surface area contributed by atoms with Crippen molar-refractivity contribution in [3.63, 3.8) is 0 Å². The van der Waals surface area contributed by atoms with Crippen LogP contribution >= 0.6 is 47.8 Å². The van der Waals surface area contributed by atoms with Gasteiger partial charge in [-0.05, 0) is 68.6 Å². The Morgan fingerprint density at radius 1 is 1.00 bits per heavy atom. The summed E-state index contributed by atoms with van der Waals surface area (Å²) in [4.78, 5) is 1.93. The number of azo groups is 1. The molecule has 1 atom stereocenters. The monoisotopic (exact) mass is 590 g/mol. The summed E-state index contributed by atoms with van der Waals surface area (Å²) in [5, 5.41) is 28.4. The average molecular weight is 593 g/mol. The van der Waals surface area contributed by atoms with Crippen molar-refractivity contribution in [2.24, 2.45) is 10.2 Å². The van der Waals surface area contributed by atoms with Gasteiger partial charge in [0.2, 0.25) is 0 Å². The molecule has 0 radical (unpaired) electrons. The van der Waals surface area contributed by atoms with Gasteiger partial charge in [0.1, 0.15) is 23.2 Å². The molecule has 0 aliphatic carbocycles. The molecule has 3 aromatic rings. The molecule has 0 spiro atoms. The summed E-state index contributed by atoms with van der Waals surface area (Å²) in [5.74, 6) is -0.0104. The third kappa shape index (κ3) is 5.48. The predicted molar refractivity (Wildman–Crippen MR) is 130 cm³/mol. The van der Waals surface area contributed by atoms with Crippen molar-refractivity contribution in [1.29, 1.82) is 5.26 Å². The first-order valence-corrected chi connectivity index (χ1v) is 11.4. The van der Waals surface area contributed by atoms with Crippen molar-refractivity contribution in [3.8, 4) is 11.8 Å². The molecule has 0 bridgehead atoms. The number of anilines is 1. The molecule has 30 heavy (non-hydrogen) atoms. The molecule has 0 aliphatic heterocycles. The van der Waals surface area contributed by atoms with Crippen LogP contribution < -0.4 is 4.90 Å². The van der Waals surface area contributed by atoms with Crippen LogP contribution in [0.1, 0.15) is 12.5 Å². The zero-order valence-electron chi connectivity index (χ0n) is 15.9. The second kappa shape index (κ2) is 10.2. The van der Waals surface area contributed by atoms with E-state index in [4.69, 9.17) is 0 Å². The fourth-order valence-corrected chi connectivity index (χ4v) is 5.23. The van der Waals surface area contributed by atoms with Crippen LogP contribution in [0.4, 0.5) is 17.1 Å². The maximum Gasteiger partial charge on any atom is 0.145 e. The third-order valence-electron chi connectivity index (χ3n) is 4.38. The van der Waals surface area contributed by atoms with E-state index in [2.05, 4.69) is 64.1 Å². The molecule has 5 nitrogen and oxygen atoms in total. The highest BCUT2D eigenvalue weighted by Crippen LogP contribution is 2.39. The predicted octanol–water partition coefficient (Wildman–Crippen LogP) is 8.01. The van der Waals surface area contributed by atoms with Crippen LogP contribution in [0, 0.1) is 11.3 Å². The molecular formula is C22H17Br3N4O. The Morgan fingerprint density at radius 2 is 1.67 bits per heavy atom. The van der Waals surface area contributed by atoms with Crippen molar-refractivity contribution in [2.45, 2.75) is 19.5 Å². The number of aromatic hydroxyl groups is 1. The number of phenols is 1. The average Bonchev–Trinajstić information content (AvgIpc) is 2.72. The van der Waals surface area contributed by atoms with E-state index in [0.29, 0.717) is 17.9 Å². The van der Waals surface area contributed by atoms with Crippen LogP contribution in [0.3, 0.4) is 0 Å². The summed E-state index contributed by atoms with van der Waals surface area (Å²) in [5.41, 5.74) is 2.76. The highest BCUT2D eigenvalue weighted by Gasteiger charge is 2.16. The van der Waals surface area contributed by atoms with Crippen molar-refractivity contribution >= 4 is 64.9 Å². The molecule has 8 heteroatoms. The van der Waals surface area contributed by atoms with Gasteiger partial charge in [-0.25, -0.2) is 0 Å². The van der Waals surface area contributed by atoms with Gasteiger partial charge in [0.05, 0.1) is 6.07 Å². The summed E-state index contributed by atoms with van der Waals surface area (Å²) >= 11 is 10.3. The van der Waals surface area contributed by atoms with E-state index in [0.717, 1.165) is 24.7 Å². The zero-order chi connectivity index (χ0) is 21.7. The number of nitriles is 1. The normalized spacial score (nSPS) is 12.0. The van der Waals surface area contributed by atoms with E-state index in [-0.39, 0.29) is 11.8 Å². The topological polar surface area (TPSA) is 72.0 Å². The SMILES string of the molecule is CC(C#N)N(Cc1ccccc1)c1ccc(N=Nc2c(Br)cc(Br)cc2Br)c(O)c1. The van der Waals surface area contributed by atoms with E-state index < -0.39 is 0 Å². The smallest absolute Gasteiger partial charge is 0.145 e. The molecule has 1 N–H and O–H groups in total. The summed E-state index contributed by atoms with van der Waals surface area (Å²) in [7, 11) is 0. The van der Waals surface area contributed by atoms with Gasteiger partial charge in [-0.1, -0.05) is 46.3 Å². The molecular weight excluding hydrogens is 576 g/mol. The lowest BCUT2D eigenvalue weighted by atomic mass is 10.1. The van der Waals surface area contributed by atoms with E-state index >= 15 is 0 Å². The van der Waals surface area contributed by atoms with E-state index in [1.807, 2.05) is 60.4 Å². The fraction of sp³-hybridized carbons (Fsp3) is 0.136. The number of rotatable bonds is 6. The van der Waals surface area contributed by atoms with Crippen LogP contribution in [-0.2, 0) is 6.54 Å². The molecule has 0 heterocycles. The number of nitrogens with zero attached hydrogens (tertiary/aromatic N) is 4. The Balaban J connectivity index is 1.89. The molecule has 0 saturated heterocycles. The van der Waals surface area contributed by atoms with Gasteiger partial charge < -0.3 is 10.0 Å². The highest BCUT2D eigenvalue weighted by atomic mass is 79.9. The van der Waals surface area contributed by atoms with Crippen molar-refractivity contribution < 1.29 is 5.11 Å². The Bertz CT molecular complexity index is 1090. The molecule has 152 valence electrons. The van der Waals surface area contributed by atoms with Crippen LogP contribution in [-0.4, -0.2) is 11.1 Å². The minimum atomic E-state index is -0.369. The molecule has 0 aromatic heterocycles. The second-order valence-corrected chi connectivity index (χ2v) is 9.13. The summed E-state index contributed by atoms with van der Waals surface area (Å²) < 4.78 is 2.43. The summed E-state index contributed by atoms with van der Waals surface area (Å²) in [6.45, 7) is 2.38. The van der Waals surface area contributed by atoms with E-state index in [9.17, 15) is 10.4 Å². The standard InChI is InChI=1S/C22H17Br3N4O/c1-14(12-26)29(13-15-5-3-2-4-6-15)17-7-8-20(21(30)11-17)27-28-22-18(24)9-16(23)10-19(22)25/h2-11,14,30H,13H2,1H3. The van der Waals surface area contributed by atoms with Gasteiger partial charge in [-0.2, -0.15) is 5.26 Å². The highest BCUT2D eigenvalue weighted by molar-refractivity contribution is 9.11. The molecule has 0 saturated carbocycles. The summed E-state index contributed by atoms with van der Waals surface area (Å²) in [6, 6.07) is 20.7. The lowest BCUT2D eigenvalue weighted by Crippen LogP contribution is -2.31. The van der Waals surface area contributed by atoms with Gasteiger partial charge in [-0.3, -0.25) is 0 Å². The van der Waals surface area contributed by atoms with Crippen molar-refractivity contribution in [1.82, 2.24) is 0 Å². The second-order valence-electron chi connectivity index (χ2n) is 6.51. The molecule has 0 fully saturated rings. The molecule has 0 amide bonds. The first kappa shape index (κ1) is 22.5. The van der Waals surface area contributed by atoms with Gasteiger partial charge in [0.25, 0.3) is 0 Å². The van der Waals surface area contributed by atoms with Crippen molar-refractivity contribution in [2.75, 3.05) is 4.90 Å². The van der Waals surface area contributed by atoms with Crippen LogP contribution in [0.5, 0.6) is 5.75 Å². The Kier molecular flexibility index (Phi) is 7.64. The Morgan fingerprint density at radius 3 is 2.27 bits per heavy atom. The molecule has 1 unspecified atom stereocenters. The minimum absolute atomic E-state index is 0.0104. The van der Waals surface area contributed by atoms with Gasteiger partial charge in [0.15, 0.2) is 0 Å². The van der Waals surface area contributed by atoms with Crippen molar-refractivity contribution in [3.05, 3.63) is 79.6 Å². The van der Waals surface area contributed by atoms with Gasteiger partial charge in [0, 0.05) is 31.7 Å². The quantitative estimate of drug-likeness (QED) is 0.295. The Hall–Kier alpha value is -2.21. The first-order valence-electron chi connectivity index (χ1n) is 8.98. The van der Waals surface area contributed by atoms with Gasteiger partial charge >= 0.3 is 0 Å². The largest absolute Gasteiger partial charge is 0.506 e. The van der Waals surface area contributed by atoms with E-state index in [1.165, 1.54) is 0 Å². The number of hydrogen-bond acceptors (Lipinski definition) is 5. The zero-order valence-corrected chi connectivity index (χ0v) is 20.7. The number of phenolic OH excluding ortho intramolecular Hbond substituents is 1. The lowest BCUT2D eigenvalue weighted by molar-refractivity contribution is 0.476. The van der Waals surface area contributed by atoms with Crippen LogP contribution in [0.2, 0.25) is 0 Å². The van der Waals surface area contributed by atoms with Crippen LogP contribution in [0.25, 0.3) is 0 Å². The van der Waals surface area contributed by atoms with E-state index in [1.54, 1.807) is 12.1 Å². The maximum atomic E-state index is 10.5. The lowest BCUT2D eigenvalue weighted by Gasteiger charge is -2.27. The number of hydrogen-bond donors (Lipinski definition) is 1.